The fourth-order valence-electron chi connectivity index (χ4n) is 4.17. The Hall–Kier alpha value is -4.39. The van der Waals surface area contributed by atoms with Crippen molar-refractivity contribution in [2.24, 2.45) is 5.92 Å². The molecule has 0 aromatic heterocycles. The van der Waals surface area contributed by atoms with Crippen LogP contribution in [0.25, 0.3) is 6.08 Å². The van der Waals surface area contributed by atoms with Crippen LogP contribution in [-0.4, -0.2) is 42.9 Å². The summed E-state index contributed by atoms with van der Waals surface area (Å²) in [4.78, 5) is 40.5. The van der Waals surface area contributed by atoms with Gasteiger partial charge in [-0.05, 0) is 48.7 Å². The summed E-state index contributed by atoms with van der Waals surface area (Å²) < 4.78 is 10.9. The van der Waals surface area contributed by atoms with Crippen LogP contribution < -0.4 is 10.1 Å². The number of hydrogen-bond donors (Lipinski definition) is 1. The molecule has 0 saturated carbocycles. The van der Waals surface area contributed by atoms with Crippen LogP contribution in [0, 0.1) is 5.92 Å². The van der Waals surface area contributed by atoms with E-state index in [1.165, 1.54) is 0 Å². The maximum Gasteiger partial charge on any atom is 0.310 e. The van der Waals surface area contributed by atoms with Gasteiger partial charge in [0.2, 0.25) is 12.0 Å². The van der Waals surface area contributed by atoms with Gasteiger partial charge in [-0.2, -0.15) is 0 Å². The Balaban J connectivity index is 1.36. The van der Waals surface area contributed by atoms with Gasteiger partial charge in [0.1, 0.15) is 5.75 Å². The molecule has 1 unspecified atom stereocenters. The summed E-state index contributed by atoms with van der Waals surface area (Å²) in [5, 5.41) is 2.82. The molecular formula is C30H30N2O5. The molecule has 3 aromatic rings. The average Bonchev–Trinajstić information content (AvgIpc) is 2.96. The number of rotatable bonds is 8. The maximum atomic E-state index is 13.1. The van der Waals surface area contributed by atoms with Crippen LogP contribution in [0.1, 0.15) is 30.1 Å². The molecule has 1 atom stereocenters. The van der Waals surface area contributed by atoms with Crippen molar-refractivity contribution in [3.8, 4) is 5.75 Å². The van der Waals surface area contributed by atoms with Gasteiger partial charge in [0.15, 0.2) is 0 Å². The van der Waals surface area contributed by atoms with E-state index in [-0.39, 0.29) is 11.8 Å². The Morgan fingerprint density at radius 1 is 0.892 bits per heavy atom. The molecule has 1 aliphatic heterocycles. The van der Waals surface area contributed by atoms with E-state index < -0.39 is 18.0 Å². The Morgan fingerprint density at radius 2 is 1.51 bits per heavy atom. The van der Waals surface area contributed by atoms with Gasteiger partial charge in [-0.25, -0.2) is 0 Å². The summed E-state index contributed by atoms with van der Waals surface area (Å²) in [7, 11) is 1.57. The first-order chi connectivity index (χ1) is 18.0. The lowest BCUT2D eigenvalue weighted by Crippen LogP contribution is -2.40. The van der Waals surface area contributed by atoms with E-state index in [0.717, 1.165) is 5.56 Å². The lowest BCUT2D eigenvalue weighted by atomic mass is 9.96. The van der Waals surface area contributed by atoms with Crippen molar-refractivity contribution in [1.82, 2.24) is 4.90 Å². The first-order valence-corrected chi connectivity index (χ1v) is 12.3. The highest BCUT2D eigenvalue weighted by Gasteiger charge is 2.32. The third-order valence-electron chi connectivity index (χ3n) is 6.29. The molecule has 1 heterocycles. The van der Waals surface area contributed by atoms with Gasteiger partial charge in [-0.1, -0.05) is 60.7 Å². The predicted octanol–water partition coefficient (Wildman–Crippen LogP) is 4.87. The predicted molar refractivity (Wildman–Crippen MR) is 142 cm³/mol. The second-order valence-electron chi connectivity index (χ2n) is 8.79. The van der Waals surface area contributed by atoms with E-state index in [4.69, 9.17) is 9.47 Å². The minimum absolute atomic E-state index is 0.0864. The largest absolute Gasteiger partial charge is 0.497 e. The van der Waals surface area contributed by atoms with Crippen molar-refractivity contribution in [2.45, 2.75) is 18.9 Å². The van der Waals surface area contributed by atoms with E-state index >= 15 is 0 Å². The zero-order valence-electron chi connectivity index (χ0n) is 20.7. The third-order valence-corrected chi connectivity index (χ3v) is 6.29. The zero-order chi connectivity index (χ0) is 26.0. The van der Waals surface area contributed by atoms with Crippen molar-refractivity contribution in [3.63, 3.8) is 0 Å². The zero-order valence-corrected chi connectivity index (χ0v) is 20.7. The smallest absolute Gasteiger partial charge is 0.310 e. The SMILES string of the molecule is COc1ccc(NC(=O)C(OC(=O)C2CCN(C(=O)C=Cc3ccccc3)CC2)c2ccccc2)cc1. The molecule has 4 rings (SSSR count). The highest BCUT2D eigenvalue weighted by Crippen LogP contribution is 2.26. The van der Waals surface area contributed by atoms with Crippen molar-refractivity contribution in [2.75, 3.05) is 25.5 Å². The van der Waals surface area contributed by atoms with Crippen LogP contribution in [0.4, 0.5) is 5.69 Å². The Kier molecular flexibility index (Phi) is 8.70. The minimum atomic E-state index is -1.09. The minimum Gasteiger partial charge on any atom is -0.497 e. The fourth-order valence-corrected chi connectivity index (χ4v) is 4.17. The number of nitrogens with one attached hydrogen (secondary N) is 1. The number of likely N-dealkylation sites (tertiary alicyclic amines) is 1. The first kappa shape index (κ1) is 25.7. The molecule has 1 aliphatic rings. The Labute approximate surface area is 216 Å². The molecule has 0 aliphatic carbocycles. The lowest BCUT2D eigenvalue weighted by molar-refractivity contribution is -0.160. The van der Waals surface area contributed by atoms with E-state index in [0.29, 0.717) is 42.9 Å². The molecule has 1 N–H and O–H groups in total. The number of nitrogens with zero attached hydrogens (tertiary/aromatic N) is 1. The third kappa shape index (κ3) is 7.07. The Morgan fingerprint density at radius 3 is 2.14 bits per heavy atom. The number of methoxy groups -OCH3 is 1. The maximum absolute atomic E-state index is 13.1. The van der Waals surface area contributed by atoms with Crippen LogP contribution in [0.5, 0.6) is 5.75 Å². The van der Waals surface area contributed by atoms with Gasteiger partial charge >= 0.3 is 5.97 Å². The summed E-state index contributed by atoms with van der Waals surface area (Å²) in [5.41, 5.74) is 2.10. The van der Waals surface area contributed by atoms with E-state index in [1.807, 2.05) is 36.4 Å². The molecule has 2 amide bonds. The van der Waals surface area contributed by atoms with E-state index in [9.17, 15) is 14.4 Å². The van der Waals surface area contributed by atoms with Crippen LogP contribution in [0.15, 0.2) is 91.0 Å². The van der Waals surface area contributed by atoms with Crippen molar-refractivity contribution in [1.29, 1.82) is 0 Å². The molecule has 3 aromatic carbocycles. The van der Waals surface area contributed by atoms with Crippen LogP contribution in [0.2, 0.25) is 0 Å². The molecule has 37 heavy (non-hydrogen) atoms. The number of piperidine rings is 1. The molecular weight excluding hydrogens is 468 g/mol. The topological polar surface area (TPSA) is 84.9 Å². The van der Waals surface area contributed by atoms with Crippen molar-refractivity contribution >= 4 is 29.5 Å². The lowest BCUT2D eigenvalue weighted by Gasteiger charge is -2.31. The number of carbonyl (C=O) groups excluding carboxylic acids is 3. The summed E-state index contributed by atoms with van der Waals surface area (Å²) in [6.45, 7) is 0.900. The summed E-state index contributed by atoms with van der Waals surface area (Å²) in [5.74, 6) is -0.683. The van der Waals surface area contributed by atoms with Gasteiger partial charge in [-0.3, -0.25) is 14.4 Å². The number of esters is 1. The monoisotopic (exact) mass is 498 g/mol. The molecule has 0 bridgehead atoms. The molecule has 190 valence electrons. The number of hydrogen-bond acceptors (Lipinski definition) is 5. The molecule has 7 heteroatoms. The van der Waals surface area contributed by atoms with Gasteiger partial charge in [0, 0.05) is 30.4 Å². The van der Waals surface area contributed by atoms with Crippen molar-refractivity contribution in [3.05, 3.63) is 102 Å². The van der Waals surface area contributed by atoms with E-state index in [1.54, 1.807) is 72.7 Å². The summed E-state index contributed by atoms with van der Waals surface area (Å²) >= 11 is 0. The molecule has 0 spiro atoms. The summed E-state index contributed by atoms with van der Waals surface area (Å²) in [6.07, 6.45) is 3.21. The highest BCUT2D eigenvalue weighted by molar-refractivity contribution is 5.96. The van der Waals surface area contributed by atoms with Crippen LogP contribution in [0.3, 0.4) is 0 Å². The standard InChI is InChI=1S/C30H30N2O5/c1-36-26-15-13-25(14-16-26)31-29(34)28(23-10-6-3-7-11-23)37-30(35)24-18-20-32(21-19-24)27(33)17-12-22-8-4-2-5-9-22/h2-17,24,28H,18-21H2,1H3,(H,31,34). The number of anilines is 1. The van der Waals surface area contributed by atoms with Gasteiger partial charge in [0.05, 0.1) is 13.0 Å². The highest BCUT2D eigenvalue weighted by atomic mass is 16.5. The fraction of sp³-hybridized carbons (Fsp3) is 0.233. The van der Waals surface area contributed by atoms with Gasteiger partial charge in [0.25, 0.3) is 5.91 Å². The van der Waals surface area contributed by atoms with Crippen LogP contribution >= 0.6 is 0 Å². The second kappa shape index (κ2) is 12.5. The Bertz CT molecular complexity index is 1220. The van der Waals surface area contributed by atoms with Crippen molar-refractivity contribution < 1.29 is 23.9 Å². The normalized spacial score (nSPS) is 14.7. The summed E-state index contributed by atoms with van der Waals surface area (Å²) in [6, 6.07) is 25.5. The number of ether oxygens (including phenoxy) is 2. The second-order valence-corrected chi connectivity index (χ2v) is 8.79. The number of carbonyl (C=O) groups is 3. The quantitative estimate of drug-likeness (QED) is 0.354. The molecule has 0 radical (unpaired) electrons. The molecule has 1 saturated heterocycles. The first-order valence-electron chi connectivity index (χ1n) is 12.3. The average molecular weight is 499 g/mol. The van der Waals surface area contributed by atoms with Gasteiger partial charge in [-0.15, -0.1) is 0 Å². The molecule has 7 nitrogen and oxygen atoms in total. The van der Waals surface area contributed by atoms with Gasteiger partial charge < -0.3 is 19.7 Å². The number of amides is 2. The van der Waals surface area contributed by atoms with E-state index in [2.05, 4.69) is 5.32 Å². The number of benzene rings is 3. The van der Waals surface area contributed by atoms with Crippen LogP contribution in [-0.2, 0) is 19.1 Å². The molecule has 1 fully saturated rings.